The van der Waals surface area contributed by atoms with Gasteiger partial charge in [-0.2, -0.15) is 0 Å². The molecular formula is C13H26N2O2. The van der Waals surface area contributed by atoms with Gasteiger partial charge in [0.15, 0.2) is 0 Å². The lowest BCUT2D eigenvalue weighted by Crippen LogP contribution is -2.53. The van der Waals surface area contributed by atoms with Crippen LogP contribution in [-0.4, -0.2) is 43.3 Å². The summed E-state index contributed by atoms with van der Waals surface area (Å²) in [6, 6.07) is 0. The van der Waals surface area contributed by atoms with E-state index in [4.69, 9.17) is 4.74 Å². The van der Waals surface area contributed by atoms with Crippen LogP contribution in [0.2, 0.25) is 0 Å². The maximum atomic E-state index is 11.7. The summed E-state index contributed by atoms with van der Waals surface area (Å²) in [5.41, 5.74) is -0.389. The van der Waals surface area contributed by atoms with Gasteiger partial charge in [0.1, 0.15) is 5.60 Å². The van der Waals surface area contributed by atoms with E-state index in [0.29, 0.717) is 11.8 Å². The third-order valence-electron chi connectivity index (χ3n) is 3.22. The number of ether oxygens (including phenoxy) is 1. The molecule has 1 saturated heterocycles. The minimum Gasteiger partial charge on any atom is -0.444 e. The zero-order valence-corrected chi connectivity index (χ0v) is 11.7. The molecule has 1 amide bonds. The predicted molar refractivity (Wildman–Crippen MR) is 69.0 cm³/mol. The molecule has 1 heterocycles. The first-order valence-corrected chi connectivity index (χ1v) is 6.46. The van der Waals surface area contributed by atoms with Gasteiger partial charge in [-0.25, -0.2) is 4.79 Å². The number of nitrogens with one attached hydrogen (secondary N) is 1. The number of rotatable bonds is 4. The van der Waals surface area contributed by atoms with Gasteiger partial charge < -0.3 is 15.0 Å². The van der Waals surface area contributed by atoms with Gasteiger partial charge in [0, 0.05) is 13.1 Å². The van der Waals surface area contributed by atoms with Crippen molar-refractivity contribution in [2.45, 2.75) is 39.7 Å². The van der Waals surface area contributed by atoms with Crippen LogP contribution in [0.25, 0.3) is 0 Å². The molecule has 0 saturated carbocycles. The van der Waals surface area contributed by atoms with E-state index in [1.54, 1.807) is 4.90 Å². The number of carbonyl (C=O) groups excluding carboxylic acids is 1. The Morgan fingerprint density at radius 3 is 2.53 bits per heavy atom. The van der Waals surface area contributed by atoms with Crippen molar-refractivity contribution in [3.8, 4) is 0 Å². The first kappa shape index (κ1) is 14.3. The molecular weight excluding hydrogens is 216 g/mol. The minimum absolute atomic E-state index is 0.172. The van der Waals surface area contributed by atoms with E-state index in [1.807, 2.05) is 27.8 Å². The largest absolute Gasteiger partial charge is 0.444 e. The highest BCUT2D eigenvalue weighted by Gasteiger charge is 2.36. The van der Waals surface area contributed by atoms with Gasteiger partial charge in [0.2, 0.25) is 0 Å². The average Bonchev–Trinajstić information content (AvgIpc) is 2.09. The van der Waals surface area contributed by atoms with Crippen LogP contribution in [0.15, 0.2) is 0 Å². The third-order valence-corrected chi connectivity index (χ3v) is 3.22. The summed E-state index contributed by atoms with van der Waals surface area (Å²) in [7, 11) is 1.97. The molecule has 1 atom stereocenters. The van der Waals surface area contributed by atoms with Crippen molar-refractivity contribution in [2.24, 2.45) is 11.8 Å². The van der Waals surface area contributed by atoms with Gasteiger partial charge in [0.05, 0.1) is 0 Å². The normalized spacial score (nSPS) is 18.8. The predicted octanol–water partition coefficient (Wildman–Crippen LogP) is 2.10. The molecule has 0 aromatic rings. The second-order valence-corrected chi connectivity index (χ2v) is 6.01. The summed E-state index contributed by atoms with van der Waals surface area (Å²) in [6.07, 6.45) is 0.998. The molecule has 1 rings (SSSR count). The van der Waals surface area contributed by atoms with Crippen LogP contribution in [0.5, 0.6) is 0 Å². The number of carbonyl (C=O) groups is 1. The Labute approximate surface area is 105 Å². The van der Waals surface area contributed by atoms with Crippen LogP contribution in [0.1, 0.15) is 34.1 Å². The lowest BCUT2D eigenvalue weighted by atomic mass is 9.85. The molecule has 0 bridgehead atoms. The van der Waals surface area contributed by atoms with Gasteiger partial charge in [-0.15, -0.1) is 0 Å². The minimum atomic E-state index is -0.389. The van der Waals surface area contributed by atoms with Crippen molar-refractivity contribution >= 4 is 6.09 Å². The number of hydrogen-bond acceptors (Lipinski definition) is 3. The molecule has 0 spiro atoms. The quantitative estimate of drug-likeness (QED) is 0.821. The second kappa shape index (κ2) is 5.71. The van der Waals surface area contributed by atoms with Crippen molar-refractivity contribution in [1.29, 1.82) is 0 Å². The van der Waals surface area contributed by atoms with Crippen molar-refractivity contribution < 1.29 is 9.53 Å². The first-order valence-electron chi connectivity index (χ1n) is 6.46. The molecule has 0 aromatic carbocycles. The molecule has 1 N–H and O–H groups in total. The average molecular weight is 242 g/mol. The molecule has 4 heteroatoms. The van der Waals surface area contributed by atoms with Crippen LogP contribution in [0.4, 0.5) is 4.79 Å². The summed E-state index contributed by atoms with van der Waals surface area (Å²) < 4.78 is 5.33. The fourth-order valence-electron chi connectivity index (χ4n) is 1.96. The standard InChI is InChI=1S/C13H26N2O2/c1-10(6-7-14-5)11-8-15(9-11)12(16)17-13(2,3)4/h10-11,14H,6-9H2,1-5H3. The van der Waals surface area contributed by atoms with Gasteiger partial charge in [-0.1, -0.05) is 6.92 Å². The molecule has 1 aliphatic rings. The van der Waals surface area contributed by atoms with Crippen LogP contribution in [-0.2, 0) is 4.74 Å². The Balaban J connectivity index is 2.24. The Kier molecular flexibility index (Phi) is 4.80. The van der Waals surface area contributed by atoms with Gasteiger partial charge in [0.25, 0.3) is 0 Å². The number of nitrogens with zero attached hydrogens (tertiary/aromatic N) is 1. The van der Waals surface area contributed by atoms with Crippen molar-refractivity contribution in [3.05, 3.63) is 0 Å². The highest BCUT2D eigenvalue weighted by atomic mass is 16.6. The molecule has 0 radical (unpaired) electrons. The van der Waals surface area contributed by atoms with E-state index in [9.17, 15) is 4.79 Å². The molecule has 1 fully saturated rings. The monoisotopic (exact) mass is 242 g/mol. The first-order chi connectivity index (χ1) is 7.83. The Hall–Kier alpha value is -0.770. The Morgan fingerprint density at radius 1 is 1.47 bits per heavy atom. The number of hydrogen-bond donors (Lipinski definition) is 1. The van der Waals surface area contributed by atoms with E-state index >= 15 is 0 Å². The fourth-order valence-corrected chi connectivity index (χ4v) is 1.96. The molecule has 17 heavy (non-hydrogen) atoms. The molecule has 100 valence electrons. The van der Waals surface area contributed by atoms with Gasteiger partial charge in [-0.3, -0.25) is 0 Å². The van der Waals surface area contributed by atoms with Crippen molar-refractivity contribution in [3.63, 3.8) is 0 Å². The number of amides is 1. The zero-order chi connectivity index (χ0) is 13.1. The van der Waals surface area contributed by atoms with E-state index in [0.717, 1.165) is 19.6 Å². The topological polar surface area (TPSA) is 41.6 Å². The maximum absolute atomic E-state index is 11.7. The van der Waals surface area contributed by atoms with Crippen LogP contribution in [0.3, 0.4) is 0 Å². The van der Waals surface area contributed by atoms with E-state index in [1.165, 1.54) is 6.42 Å². The Morgan fingerprint density at radius 2 is 2.06 bits per heavy atom. The number of likely N-dealkylation sites (tertiary alicyclic amines) is 1. The lowest BCUT2D eigenvalue weighted by molar-refractivity contribution is -0.00992. The van der Waals surface area contributed by atoms with Crippen LogP contribution < -0.4 is 5.32 Å². The fraction of sp³-hybridized carbons (Fsp3) is 0.923. The molecule has 0 aromatic heterocycles. The Bertz CT molecular complexity index is 255. The van der Waals surface area contributed by atoms with Crippen LogP contribution >= 0.6 is 0 Å². The highest BCUT2D eigenvalue weighted by Crippen LogP contribution is 2.27. The summed E-state index contributed by atoms with van der Waals surface area (Å²) in [6.45, 7) is 10.7. The lowest BCUT2D eigenvalue weighted by Gasteiger charge is -2.42. The second-order valence-electron chi connectivity index (χ2n) is 6.01. The highest BCUT2D eigenvalue weighted by molar-refractivity contribution is 5.69. The van der Waals surface area contributed by atoms with Gasteiger partial charge in [-0.05, 0) is 52.6 Å². The zero-order valence-electron chi connectivity index (χ0n) is 11.7. The maximum Gasteiger partial charge on any atom is 0.410 e. The van der Waals surface area contributed by atoms with E-state index < -0.39 is 0 Å². The summed E-state index contributed by atoms with van der Waals surface area (Å²) in [4.78, 5) is 13.5. The molecule has 0 aliphatic carbocycles. The third kappa shape index (κ3) is 4.54. The SMILES string of the molecule is CNCCC(C)C1CN(C(=O)OC(C)(C)C)C1. The summed E-state index contributed by atoms with van der Waals surface area (Å²) in [5, 5.41) is 3.16. The van der Waals surface area contributed by atoms with E-state index in [-0.39, 0.29) is 11.7 Å². The smallest absolute Gasteiger partial charge is 0.410 e. The van der Waals surface area contributed by atoms with E-state index in [2.05, 4.69) is 12.2 Å². The van der Waals surface area contributed by atoms with Crippen molar-refractivity contribution in [1.82, 2.24) is 10.2 Å². The van der Waals surface area contributed by atoms with Gasteiger partial charge >= 0.3 is 6.09 Å². The summed E-state index contributed by atoms with van der Waals surface area (Å²) in [5.74, 6) is 1.30. The molecule has 1 aliphatic heterocycles. The van der Waals surface area contributed by atoms with Crippen molar-refractivity contribution in [2.75, 3.05) is 26.7 Å². The van der Waals surface area contributed by atoms with Crippen LogP contribution in [0, 0.1) is 11.8 Å². The molecule has 4 nitrogen and oxygen atoms in total. The molecule has 1 unspecified atom stereocenters. The summed E-state index contributed by atoms with van der Waals surface area (Å²) >= 11 is 0.